The van der Waals surface area contributed by atoms with Crippen molar-refractivity contribution < 1.29 is 9.18 Å². The van der Waals surface area contributed by atoms with Crippen molar-refractivity contribution in [2.45, 2.75) is 20.3 Å². The molecule has 0 saturated carbocycles. The van der Waals surface area contributed by atoms with E-state index in [0.29, 0.717) is 32.0 Å². The Morgan fingerprint density at radius 2 is 1.76 bits per heavy atom. The number of nitrogens with one attached hydrogen (secondary N) is 1. The highest BCUT2D eigenvalue weighted by atomic mass is 19.1. The van der Waals surface area contributed by atoms with Gasteiger partial charge in [-0.25, -0.2) is 4.39 Å². The molecule has 1 saturated heterocycles. The second-order valence-corrected chi connectivity index (χ2v) is 7.29. The van der Waals surface area contributed by atoms with Gasteiger partial charge in [0.2, 0.25) is 5.91 Å². The van der Waals surface area contributed by atoms with Crippen LogP contribution >= 0.6 is 0 Å². The molecule has 1 amide bonds. The molecule has 7 heteroatoms. The number of amides is 1. The number of aryl methyl sites for hydroxylation is 2. The van der Waals surface area contributed by atoms with Gasteiger partial charge in [0, 0.05) is 44.0 Å². The average Bonchev–Trinajstić information content (AvgIpc) is 2.71. The van der Waals surface area contributed by atoms with Gasteiger partial charge in [0.15, 0.2) is 5.96 Å². The molecule has 0 atom stereocenters. The van der Waals surface area contributed by atoms with Crippen LogP contribution in [0.1, 0.15) is 17.5 Å². The fraction of sp³-hybridized carbons (Fsp3) is 0.364. The van der Waals surface area contributed by atoms with Crippen LogP contribution < -0.4 is 16.0 Å². The maximum atomic E-state index is 13.1. The van der Waals surface area contributed by atoms with Crippen LogP contribution in [0.4, 0.5) is 15.8 Å². The van der Waals surface area contributed by atoms with E-state index in [0.717, 1.165) is 24.5 Å². The first-order chi connectivity index (χ1) is 13.9. The number of hydrogen-bond donors (Lipinski definition) is 2. The Morgan fingerprint density at radius 1 is 1.07 bits per heavy atom. The number of anilines is 2. The lowest BCUT2D eigenvalue weighted by molar-refractivity contribution is -0.131. The Labute approximate surface area is 171 Å². The van der Waals surface area contributed by atoms with Gasteiger partial charge in [0.05, 0.1) is 6.54 Å². The van der Waals surface area contributed by atoms with Crippen LogP contribution in [0.25, 0.3) is 0 Å². The van der Waals surface area contributed by atoms with Gasteiger partial charge in [-0.2, -0.15) is 0 Å². The Hall–Kier alpha value is -3.09. The summed E-state index contributed by atoms with van der Waals surface area (Å²) in [4.78, 5) is 20.7. The smallest absolute Gasteiger partial charge is 0.224 e. The molecule has 0 radical (unpaired) electrons. The van der Waals surface area contributed by atoms with Crippen LogP contribution in [-0.2, 0) is 4.79 Å². The van der Waals surface area contributed by atoms with Gasteiger partial charge in [-0.1, -0.05) is 6.07 Å². The van der Waals surface area contributed by atoms with Crippen molar-refractivity contribution in [3.8, 4) is 0 Å². The highest BCUT2D eigenvalue weighted by Crippen LogP contribution is 2.17. The molecular formula is C22H28FN5O. The third kappa shape index (κ3) is 5.70. The van der Waals surface area contributed by atoms with Crippen LogP contribution in [0, 0.1) is 19.7 Å². The van der Waals surface area contributed by atoms with E-state index in [9.17, 15) is 9.18 Å². The zero-order valence-electron chi connectivity index (χ0n) is 17.0. The quantitative estimate of drug-likeness (QED) is 0.601. The third-order valence-corrected chi connectivity index (χ3v) is 5.21. The Balaban J connectivity index is 1.43. The first-order valence-electron chi connectivity index (χ1n) is 9.85. The van der Waals surface area contributed by atoms with Crippen molar-refractivity contribution in [1.82, 2.24) is 4.90 Å². The van der Waals surface area contributed by atoms with E-state index < -0.39 is 0 Å². The summed E-state index contributed by atoms with van der Waals surface area (Å²) >= 11 is 0. The summed E-state index contributed by atoms with van der Waals surface area (Å²) in [7, 11) is 0. The molecule has 0 spiro atoms. The molecule has 1 aliphatic rings. The molecule has 3 rings (SSSR count). The van der Waals surface area contributed by atoms with Crippen LogP contribution in [0.2, 0.25) is 0 Å². The molecule has 0 unspecified atom stereocenters. The number of piperazine rings is 1. The molecule has 154 valence electrons. The monoisotopic (exact) mass is 397 g/mol. The SMILES string of the molecule is Cc1ccc(NC(N)=NCCC(=O)N2CCN(c3ccc(F)cc3)CC2)cc1C. The Morgan fingerprint density at radius 3 is 2.41 bits per heavy atom. The molecule has 1 aliphatic heterocycles. The highest BCUT2D eigenvalue weighted by molar-refractivity contribution is 5.92. The van der Waals surface area contributed by atoms with Crippen LogP contribution in [0.5, 0.6) is 0 Å². The normalized spacial score (nSPS) is 14.8. The fourth-order valence-corrected chi connectivity index (χ4v) is 3.30. The van der Waals surface area contributed by atoms with Crippen molar-refractivity contribution in [2.75, 3.05) is 42.9 Å². The fourth-order valence-electron chi connectivity index (χ4n) is 3.30. The number of hydrogen-bond acceptors (Lipinski definition) is 3. The topological polar surface area (TPSA) is 74.0 Å². The molecule has 6 nitrogen and oxygen atoms in total. The summed E-state index contributed by atoms with van der Waals surface area (Å²) in [5.41, 5.74) is 10.2. The third-order valence-electron chi connectivity index (χ3n) is 5.21. The van der Waals surface area contributed by atoms with E-state index in [1.165, 1.54) is 23.3 Å². The van der Waals surface area contributed by atoms with E-state index in [2.05, 4.69) is 22.1 Å². The lowest BCUT2D eigenvalue weighted by Crippen LogP contribution is -2.48. The molecule has 0 bridgehead atoms. The van der Waals surface area contributed by atoms with Crippen LogP contribution in [-0.4, -0.2) is 49.5 Å². The van der Waals surface area contributed by atoms with Crippen molar-refractivity contribution >= 4 is 23.2 Å². The van der Waals surface area contributed by atoms with E-state index in [-0.39, 0.29) is 11.7 Å². The summed E-state index contributed by atoms with van der Waals surface area (Å²) in [6.07, 6.45) is 0.325. The van der Waals surface area contributed by atoms with Gasteiger partial charge >= 0.3 is 0 Å². The van der Waals surface area contributed by atoms with Gasteiger partial charge in [-0.05, 0) is 61.4 Å². The second-order valence-electron chi connectivity index (χ2n) is 7.29. The number of aliphatic imine (C=N–C) groups is 1. The minimum atomic E-state index is -0.241. The van der Waals surface area contributed by atoms with Crippen LogP contribution in [0.15, 0.2) is 47.5 Å². The van der Waals surface area contributed by atoms with E-state index in [1.54, 1.807) is 12.1 Å². The first kappa shape index (κ1) is 20.6. The molecule has 29 heavy (non-hydrogen) atoms. The molecule has 0 aliphatic carbocycles. The minimum Gasteiger partial charge on any atom is -0.370 e. The minimum absolute atomic E-state index is 0.0755. The molecule has 3 N–H and O–H groups in total. The largest absolute Gasteiger partial charge is 0.370 e. The standard InChI is InChI=1S/C22H28FN5O/c1-16-3-6-19(15-17(16)2)26-22(24)25-10-9-21(29)28-13-11-27(12-14-28)20-7-4-18(23)5-8-20/h3-8,15H,9-14H2,1-2H3,(H3,24,25,26). The van der Waals surface area contributed by atoms with Gasteiger partial charge < -0.3 is 20.9 Å². The molecule has 0 aromatic heterocycles. The molecule has 2 aromatic carbocycles. The Kier molecular flexibility index (Phi) is 6.69. The number of nitrogens with two attached hydrogens (primary N) is 1. The van der Waals surface area contributed by atoms with Crippen molar-refractivity contribution in [2.24, 2.45) is 10.7 Å². The van der Waals surface area contributed by atoms with E-state index in [4.69, 9.17) is 5.73 Å². The van der Waals surface area contributed by atoms with Crippen molar-refractivity contribution in [3.05, 3.63) is 59.4 Å². The molecule has 2 aromatic rings. The van der Waals surface area contributed by atoms with Gasteiger partial charge in [-0.3, -0.25) is 9.79 Å². The predicted molar refractivity (Wildman–Crippen MR) is 116 cm³/mol. The number of carbonyl (C=O) groups excluding carboxylic acids is 1. The number of nitrogens with zero attached hydrogens (tertiary/aromatic N) is 3. The predicted octanol–water partition coefficient (Wildman–Crippen LogP) is 2.91. The Bertz CT molecular complexity index is 873. The zero-order chi connectivity index (χ0) is 20.8. The summed E-state index contributed by atoms with van der Waals surface area (Å²) in [5.74, 6) is 0.142. The summed E-state index contributed by atoms with van der Waals surface area (Å²) in [5, 5.41) is 3.06. The maximum Gasteiger partial charge on any atom is 0.224 e. The summed E-state index contributed by atoms with van der Waals surface area (Å²) < 4.78 is 13.1. The van der Waals surface area contributed by atoms with E-state index >= 15 is 0 Å². The van der Waals surface area contributed by atoms with Crippen molar-refractivity contribution in [1.29, 1.82) is 0 Å². The number of carbonyl (C=O) groups is 1. The maximum absolute atomic E-state index is 13.1. The molecule has 1 heterocycles. The number of halogens is 1. The van der Waals surface area contributed by atoms with Crippen molar-refractivity contribution in [3.63, 3.8) is 0 Å². The number of rotatable bonds is 5. The molecular weight excluding hydrogens is 369 g/mol. The summed E-state index contributed by atoms with van der Waals surface area (Å²) in [6, 6.07) is 12.5. The van der Waals surface area contributed by atoms with Gasteiger partial charge in [0.1, 0.15) is 5.82 Å². The summed E-state index contributed by atoms with van der Waals surface area (Å²) in [6.45, 7) is 7.21. The number of benzene rings is 2. The lowest BCUT2D eigenvalue weighted by atomic mass is 10.1. The van der Waals surface area contributed by atoms with Gasteiger partial charge in [0.25, 0.3) is 0 Å². The van der Waals surface area contributed by atoms with Crippen LogP contribution in [0.3, 0.4) is 0 Å². The lowest BCUT2D eigenvalue weighted by Gasteiger charge is -2.36. The average molecular weight is 397 g/mol. The zero-order valence-corrected chi connectivity index (χ0v) is 17.0. The second kappa shape index (κ2) is 9.41. The van der Waals surface area contributed by atoms with Gasteiger partial charge in [-0.15, -0.1) is 0 Å². The van der Waals surface area contributed by atoms with E-state index in [1.807, 2.05) is 30.0 Å². The number of guanidine groups is 1. The highest BCUT2D eigenvalue weighted by Gasteiger charge is 2.20. The first-order valence-corrected chi connectivity index (χ1v) is 9.85. The molecule has 1 fully saturated rings.